The molecule has 0 saturated heterocycles. The third kappa shape index (κ3) is 9.18. The van der Waals surface area contributed by atoms with Crippen molar-refractivity contribution in [2.24, 2.45) is 4.99 Å². The molecule has 1 heterocycles. The lowest BCUT2D eigenvalue weighted by Gasteiger charge is -2.21. The van der Waals surface area contributed by atoms with E-state index < -0.39 is 0 Å². The molecule has 1 rings (SSSR count). The van der Waals surface area contributed by atoms with E-state index in [9.17, 15) is 4.79 Å². The minimum atomic E-state index is -0.218. The fourth-order valence-electron chi connectivity index (χ4n) is 1.97. The third-order valence-corrected chi connectivity index (χ3v) is 3.96. The molecule has 0 fully saturated rings. The molecule has 1 amide bonds. The van der Waals surface area contributed by atoms with E-state index in [4.69, 9.17) is 0 Å². The minimum Gasteiger partial charge on any atom is -0.356 e. The molecule has 23 heavy (non-hydrogen) atoms. The summed E-state index contributed by atoms with van der Waals surface area (Å²) in [5, 5.41) is 12.4. The molecule has 0 saturated carbocycles. The van der Waals surface area contributed by atoms with Gasteiger partial charge in [-0.2, -0.15) is 0 Å². The van der Waals surface area contributed by atoms with Crippen LogP contribution in [0, 0.1) is 6.92 Å². The summed E-state index contributed by atoms with van der Waals surface area (Å²) in [5.41, 5.74) is 0.880. The number of aromatic nitrogens is 1. The predicted molar refractivity (Wildman–Crippen MR) is 97.0 cm³/mol. The van der Waals surface area contributed by atoms with Gasteiger partial charge >= 0.3 is 0 Å². The lowest BCUT2D eigenvalue weighted by molar-refractivity contribution is -0.121. The Morgan fingerprint density at radius 2 is 2.04 bits per heavy atom. The molecule has 0 aliphatic rings. The molecular weight excluding hydrogens is 310 g/mol. The molecule has 0 atom stereocenters. The van der Waals surface area contributed by atoms with Crippen molar-refractivity contribution >= 4 is 23.2 Å². The van der Waals surface area contributed by atoms with Crippen LogP contribution in [0.1, 0.15) is 44.3 Å². The number of hydrogen-bond donors (Lipinski definition) is 3. The largest absolute Gasteiger partial charge is 0.356 e. The molecule has 1 aromatic rings. The van der Waals surface area contributed by atoms with Crippen molar-refractivity contribution in [3.63, 3.8) is 0 Å². The zero-order chi connectivity index (χ0) is 17.3. The zero-order valence-electron chi connectivity index (χ0n) is 14.8. The van der Waals surface area contributed by atoms with Crippen LogP contribution in [0.15, 0.2) is 10.4 Å². The summed E-state index contributed by atoms with van der Waals surface area (Å²) in [6, 6.07) is 0. The zero-order valence-corrected chi connectivity index (χ0v) is 15.6. The third-order valence-electron chi connectivity index (χ3n) is 2.93. The van der Waals surface area contributed by atoms with Crippen LogP contribution in [-0.4, -0.2) is 42.5 Å². The highest BCUT2D eigenvalue weighted by Crippen LogP contribution is 2.11. The fourth-order valence-corrected chi connectivity index (χ4v) is 2.79. The molecule has 0 radical (unpaired) electrons. The quantitative estimate of drug-likeness (QED) is 0.402. The number of aryl methyl sites for hydroxylation is 2. The number of hydrogen-bond acceptors (Lipinski definition) is 4. The van der Waals surface area contributed by atoms with Gasteiger partial charge in [0.25, 0.3) is 0 Å². The van der Waals surface area contributed by atoms with E-state index >= 15 is 0 Å². The molecule has 6 nitrogen and oxygen atoms in total. The number of guanidine groups is 1. The Morgan fingerprint density at radius 3 is 2.61 bits per heavy atom. The van der Waals surface area contributed by atoms with Gasteiger partial charge in [-0.1, -0.05) is 0 Å². The maximum absolute atomic E-state index is 11.8. The highest BCUT2D eigenvalue weighted by atomic mass is 32.1. The first-order valence-electron chi connectivity index (χ1n) is 7.96. The van der Waals surface area contributed by atoms with Crippen molar-refractivity contribution < 1.29 is 4.79 Å². The van der Waals surface area contributed by atoms with Crippen LogP contribution < -0.4 is 16.0 Å². The van der Waals surface area contributed by atoms with Crippen LogP contribution in [0.5, 0.6) is 0 Å². The highest BCUT2D eigenvalue weighted by molar-refractivity contribution is 7.09. The minimum absolute atomic E-state index is 0.0420. The second kappa shape index (κ2) is 9.50. The van der Waals surface area contributed by atoms with Crippen molar-refractivity contribution in [2.45, 2.75) is 52.5 Å². The molecule has 0 bridgehead atoms. The van der Waals surface area contributed by atoms with E-state index in [1.165, 1.54) is 5.01 Å². The van der Waals surface area contributed by atoms with E-state index in [1.807, 2.05) is 27.7 Å². The van der Waals surface area contributed by atoms with Gasteiger partial charge in [0.2, 0.25) is 5.91 Å². The smallest absolute Gasteiger partial charge is 0.239 e. The molecule has 0 aliphatic heterocycles. The Balaban J connectivity index is 2.15. The number of nitrogens with one attached hydrogen (secondary N) is 3. The van der Waals surface area contributed by atoms with Gasteiger partial charge in [0, 0.05) is 30.2 Å². The van der Waals surface area contributed by atoms with Crippen LogP contribution in [0.3, 0.4) is 0 Å². The fraction of sp³-hybridized carbons (Fsp3) is 0.688. The number of thiazole rings is 1. The predicted octanol–water partition coefficient (Wildman–Crippen LogP) is 1.85. The SMILES string of the molecule is CN=C(NCCCCc1nc(C)cs1)NCC(=O)NC(C)(C)C. The summed E-state index contributed by atoms with van der Waals surface area (Å²) in [6.07, 6.45) is 3.13. The molecule has 0 aromatic carbocycles. The Labute approximate surface area is 143 Å². The van der Waals surface area contributed by atoms with Crippen molar-refractivity contribution in [3.8, 4) is 0 Å². The number of carbonyl (C=O) groups excluding carboxylic acids is 1. The molecule has 1 aromatic heterocycles. The van der Waals surface area contributed by atoms with Crippen molar-refractivity contribution in [3.05, 3.63) is 16.1 Å². The molecule has 0 unspecified atom stereocenters. The van der Waals surface area contributed by atoms with Crippen molar-refractivity contribution in [1.29, 1.82) is 0 Å². The monoisotopic (exact) mass is 339 g/mol. The van der Waals surface area contributed by atoms with Gasteiger partial charge in [-0.15, -0.1) is 11.3 Å². The summed E-state index contributed by atoms with van der Waals surface area (Å²) in [5.74, 6) is 0.610. The van der Waals surface area contributed by atoms with E-state index in [0.717, 1.165) is 31.5 Å². The van der Waals surface area contributed by atoms with Crippen LogP contribution >= 0.6 is 11.3 Å². The topological polar surface area (TPSA) is 78.4 Å². The second-order valence-corrected chi connectivity index (χ2v) is 7.43. The Morgan fingerprint density at radius 1 is 1.30 bits per heavy atom. The second-order valence-electron chi connectivity index (χ2n) is 6.49. The summed E-state index contributed by atoms with van der Waals surface area (Å²) in [7, 11) is 1.70. The van der Waals surface area contributed by atoms with Crippen molar-refractivity contribution in [2.75, 3.05) is 20.1 Å². The first-order valence-corrected chi connectivity index (χ1v) is 8.84. The first-order chi connectivity index (χ1) is 10.8. The van der Waals surface area contributed by atoms with E-state index in [1.54, 1.807) is 18.4 Å². The van der Waals surface area contributed by atoms with E-state index in [-0.39, 0.29) is 18.0 Å². The van der Waals surface area contributed by atoms with Crippen LogP contribution in [0.4, 0.5) is 0 Å². The van der Waals surface area contributed by atoms with Crippen LogP contribution in [0.25, 0.3) is 0 Å². The van der Waals surface area contributed by atoms with E-state index in [2.05, 4.69) is 31.3 Å². The summed E-state index contributed by atoms with van der Waals surface area (Å²) < 4.78 is 0. The summed E-state index contributed by atoms with van der Waals surface area (Å²) in [6.45, 7) is 8.94. The Bertz CT molecular complexity index is 519. The van der Waals surface area contributed by atoms with Crippen LogP contribution in [0.2, 0.25) is 0 Å². The number of nitrogens with zero attached hydrogens (tertiary/aromatic N) is 2. The number of rotatable bonds is 7. The molecular formula is C16H29N5OS. The van der Waals surface area contributed by atoms with Gasteiger partial charge in [0.1, 0.15) is 0 Å². The average Bonchev–Trinajstić information content (AvgIpc) is 2.85. The van der Waals surface area contributed by atoms with Gasteiger partial charge in [-0.25, -0.2) is 4.98 Å². The summed E-state index contributed by atoms with van der Waals surface area (Å²) in [4.78, 5) is 20.3. The lowest BCUT2D eigenvalue weighted by atomic mass is 10.1. The average molecular weight is 340 g/mol. The van der Waals surface area contributed by atoms with Crippen LogP contribution in [-0.2, 0) is 11.2 Å². The van der Waals surface area contributed by atoms with Gasteiger partial charge in [-0.3, -0.25) is 9.79 Å². The van der Waals surface area contributed by atoms with Gasteiger partial charge in [0.15, 0.2) is 5.96 Å². The first kappa shape index (κ1) is 19.4. The van der Waals surface area contributed by atoms with E-state index in [0.29, 0.717) is 5.96 Å². The highest BCUT2D eigenvalue weighted by Gasteiger charge is 2.13. The maximum atomic E-state index is 11.8. The normalized spacial score (nSPS) is 12.1. The van der Waals surface area contributed by atoms with Gasteiger partial charge in [-0.05, 0) is 47.0 Å². The molecule has 0 aliphatic carbocycles. The van der Waals surface area contributed by atoms with Gasteiger partial charge in [0.05, 0.1) is 11.6 Å². The molecule has 7 heteroatoms. The summed E-state index contributed by atoms with van der Waals surface area (Å²) >= 11 is 1.72. The Kier molecular flexibility index (Phi) is 8.02. The lowest BCUT2D eigenvalue weighted by Crippen LogP contribution is -2.48. The van der Waals surface area contributed by atoms with Gasteiger partial charge < -0.3 is 16.0 Å². The standard InChI is InChI=1S/C16H29N5OS/c1-12-11-23-14(20-12)8-6-7-9-18-15(17-5)19-10-13(22)21-16(2,3)4/h11H,6-10H2,1-5H3,(H,21,22)(H2,17,18,19). The molecule has 0 spiro atoms. The number of aliphatic imine (C=N–C) groups is 1. The number of amides is 1. The molecule has 130 valence electrons. The number of unbranched alkanes of at least 4 members (excludes halogenated alkanes) is 1. The Hall–Kier alpha value is -1.63. The number of carbonyl (C=O) groups is 1. The van der Waals surface area contributed by atoms with Crippen molar-refractivity contribution in [1.82, 2.24) is 20.9 Å². The maximum Gasteiger partial charge on any atom is 0.239 e. The molecule has 3 N–H and O–H groups in total.